The highest BCUT2D eigenvalue weighted by molar-refractivity contribution is 6.31. The molecule has 3 rings (SSSR count). The number of hydrogen-bond donors (Lipinski definition) is 1. The van der Waals surface area contributed by atoms with Crippen molar-refractivity contribution in [2.24, 2.45) is 0 Å². The third kappa shape index (κ3) is 4.03. The van der Waals surface area contributed by atoms with Gasteiger partial charge in [0.25, 0.3) is 5.56 Å². The third-order valence-electron chi connectivity index (χ3n) is 3.81. The summed E-state index contributed by atoms with van der Waals surface area (Å²) in [6, 6.07) is 12.1. The highest BCUT2D eigenvalue weighted by atomic mass is 35.5. The Morgan fingerprint density at radius 3 is 2.81 bits per heavy atom. The predicted octanol–water partition coefficient (Wildman–Crippen LogP) is 3.57. The number of nitrogens with zero attached hydrogens (tertiary/aromatic N) is 1. The minimum Gasteiger partial charge on any atom is -0.482 e. The van der Waals surface area contributed by atoms with Crippen molar-refractivity contribution in [3.8, 4) is 5.75 Å². The van der Waals surface area contributed by atoms with Crippen LogP contribution in [0.5, 0.6) is 5.75 Å². The molecule has 0 fully saturated rings. The molecule has 0 aliphatic heterocycles. The molecule has 0 spiro atoms. The molecule has 6 nitrogen and oxygen atoms in total. The van der Waals surface area contributed by atoms with Gasteiger partial charge in [0, 0.05) is 5.02 Å². The van der Waals surface area contributed by atoms with Crippen LogP contribution in [0.15, 0.2) is 47.3 Å². The van der Waals surface area contributed by atoms with Crippen LogP contribution in [0.2, 0.25) is 5.02 Å². The fourth-order valence-electron chi connectivity index (χ4n) is 2.43. The minimum atomic E-state index is -0.713. The molecule has 0 bridgehead atoms. The van der Waals surface area contributed by atoms with Crippen LogP contribution in [0.1, 0.15) is 24.4 Å². The number of para-hydroxylation sites is 1. The second kappa shape index (κ2) is 7.58. The maximum atomic E-state index is 12.1. The summed E-state index contributed by atoms with van der Waals surface area (Å²) in [4.78, 5) is 31.1. The average molecular weight is 373 g/mol. The number of carbonyl (C=O) groups excluding carboxylic acids is 1. The van der Waals surface area contributed by atoms with Crippen molar-refractivity contribution in [2.75, 3.05) is 6.61 Å². The lowest BCUT2D eigenvalue weighted by Crippen LogP contribution is -2.20. The molecule has 2 aromatic carbocycles. The van der Waals surface area contributed by atoms with Gasteiger partial charge in [-0.15, -0.1) is 0 Å². The monoisotopic (exact) mass is 372 g/mol. The average Bonchev–Trinajstić information content (AvgIpc) is 2.62. The smallest absolute Gasteiger partial charge is 0.344 e. The Labute approximate surface area is 154 Å². The number of fused-ring (bicyclic) bond motifs is 1. The Hall–Kier alpha value is -2.86. The van der Waals surface area contributed by atoms with Gasteiger partial charge in [-0.1, -0.05) is 23.7 Å². The molecule has 1 aromatic heterocycles. The van der Waals surface area contributed by atoms with Crippen molar-refractivity contribution in [1.82, 2.24) is 9.97 Å². The first-order valence-electron chi connectivity index (χ1n) is 8.01. The number of carbonyl (C=O) groups is 1. The van der Waals surface area contributed by atoms with Crippen LogP contribution in [0, 0.1) is 6.92 Å². The number of aromatic nitrogens is 2. The normalized spacial score (nSPS) is 12.0. The fourth-order valence-corrected chi connectivity index (χ4v) is 2.55. The number of rotatable bonds is 5. The predicted molar refractivity (Wildman–Crippen MR) is 98.6 cm³/mol. The van der Waals surface area contributed by atoms with E-state index >= 15 is 0 Å². The number of H-pyrrole nitrogens is 1. The lowest BCUT2D eigenvalue weighted by molar-refractivity contribution is -0.151. The lowest BCUT2D eigenvalue weighted by atomic mass is 10.2. The first-order valence-corrected chi connectivity index (χ1v) is 8.39. The highest BCUT2D eigenvalue weighted by Gasteiger charge is 2.16. The molecule has 0 saturated carbocycles. The van der Waals surface area contributed by atoms with Gasteiger partial charge in [-0.25, -0.2) is 9.78 Å². The Balaban J connectivity index is 1.65. The van der Waals surface area contributed by atoms with Crippen molar-refractivity contribution in [2.45, 2.75) is 20.0 Å². The fraction of sp³-hybridized carbons (Fsp3) is 0.211. The number of ether oxygens (including phenoxy) is 2. The zero-order valence-electron chi connectivity index (χ0n) is 14.3. The van der Waals surface area contributed by atoms with E-state index in [2.05, 4.69) is 9.97 Å². The van der Waals surface area contributed by atoms with Crippen molar-refractivity contribution >= 4 is 28.5 Å². The van der Waals surface area contributed by atoms with E-state index < -0.39 is 12.1 Å². The lowest BCUT2D eigenvalue weighted by Gasteiger charge is -2.13. The van der Waals surface area contributed by atoms with Crippen LogP contribution >= 0.6 is 11.6 Å². The summed E-state index contributed by atoms with van der Waals surface area (Å²) in [6.07, 6.45) is -0.713. The topological polar surface area (TPSA) is 81.3 Å². The van der Waals surface area contributed by atoms with E-state index in [0.29, 0.717) is 21.7 Å². The van der Waals surface area contributed by atoms with Gasteiger partial charge in [0.1, 0.15) is 5.75 Å². The Kier molecular flexibility index (Phi) is 5.23. The molecule has 3 aromatic rings. The molecule has 1 heterocycles. The van der Waals surface area contributed by atoms with Crippen LogP contribution in [0.3, 0.4) is 0 Å². The van der Waals surface area contributed by atoms with E-state index in [9.17, 15) is 9.59 Å². The van der Waals surface area contributed by atoms with Crippen LogP contribution in [0.25, 0.3) is 10.9 Å². The summed E-state index contributed by atoms with van der Waals surface area (Å²) in [5, 5.41) is 1.11. The summed E-state index contributed by atoms with van der Waals surface area (Å²) in [6.45, 7) is 3.22. The molecular weight excluding hydrogens is 356 g/mol. The van der Waals surface area contributed by atoms with Crippen LogP contribution in [-0.4, -0.2) is 22.5 Å². The summed E-state index contributed by atoms with van der Waals surface area (Å²) in [7, 11) is 0. The van der Waals surface area contributed by atoms with Crippen LogP contribution in [-0.2, 0) is 9.53 Å². The van der Waals surface area contributed by atoms with Gasteiger partial charge < -0.3 is 14.5 Å². The van der Waals surface area contributed by atoms with Crippen molar-refractivity contribution < 1.29 is 14.3 Å². The van der Waals surface area contributed by atoms with Gasteiger partial charge in [0.15, 0.2) is 18.5 Å². The molecule has 0 unspecified atom stereocenters. The third-order valence-corrected chi connectivity index (χ3v) is 4.23. The Bertz CT molecular complexity index is 1020. The Morgan fingerprint density at radius 2 is 2.04 bits per heavy atom. The van der Waals surface area contributed by atoms with Crippen molar-refractivity contribution in [3.05, 3.63) is 69.2 Å². The molecule has 0 amide bonds. The molecule has 0 saturated heterocycles. The number of benzene rings is 2. The highest BCUT2D eigenvalue weighted by Crippen LogP contribution is 2.21. The number of aryl methyl sites for hydroxylation is 1. The number of aromatic amines is 1. The molecule has 7 heteroatoms. The molecule has 0 aliphatic carbocycles. The van der Waals surface area contributed by atoms with Gasteiger partial charge in [-0.3, -0.25) is 4.79 Å². The van der Waals surface area contributed by atoms with Gasteiger partial charge in [0.05, 0.1) is 10.9 Å². The van der Waals surface area contributed by atoms with E-state index in [-0.39, 0.29) is 18.0 Å². The molecule has 1 N–H and O–H groups in total. The van der Waals surface area contributed by atoms with E-state index in [4.69, 9.17) is 21.1 Å². The van der Waals surface area contributed by atoms with Gasteiger partial charge in [0.2, 0.25) is 0 Å². The van der Waals surface area contributed by atoms with Crippen LogP contribution < -0.4 is 10.3 Å². The number of halogens is 1. The zero-order valence-corrected chi connectivity index (χ0v) is 15.0. The number of hydrogen-bond acceptors (Lipinski definition) is 5. The first kappa shape index (κ1) is 17.9. The number of esters is 1. The summed E-state index contributed by atoms with van der Waals surface area (Å²) in [5.74, 6) is 0.235. The van der Waals surface area contributed by atoms with E-state index in [1.807, 2.05) is 6.92 Å². The SMILES string of the molecule is Cc1cc(OCC(=O)O[C@H](C)c2nc3ccccc3c(=O)[nH]2)ccc1Cl. The summed E-state index contributed by atoms with van der Waals surface area (Å²) >= 11 is 5.95. The quantitative estimate of drug-likeness (QED) is 0.692. The standard InChI is InChI=1S/C19H17ClN2O4/c1-11-9-13(7-8-15(11)20)25-10-17(23)26-12(2)18-21-16-6-4-3-5-14(16)19(24)22-18/h3-9,12H,10H2,1-2H3,(H,21,22,24)/t12-/m1/s1. The largest absolute Gasteiger partial charge is 0.482 e. The molecule has 0 radical (unpaired) electrons. The summed E-state index contributed by atoms with van der Waals surface area (Å²) < 4.78 is 10.7. The second-order valence-corrected chi connectivity index (χ2v) is 6.21. The van der Waals surface area contributed by atoms with Crippen LogP contribution in [0.4, 0.5) is 0 Å². The van der Waals surface area contributed by atoms with E-state index in [1.165, 1.54) is 0 Å². The molecule has 1 atom stereocenters. The van der Waals surface area contributed by atoms with E-state index in [0.717, 1.165) is 5.56 Å². The molecular formula is C19H17ClN2O4. The molecule has 0 aliphatic rings. The van der Waals surface area contributed by atoms with Crippen molar-refractivity contribution in [1.29, 1.82) is 0 Å². The molecule has 26 heavy (non-hydrogen) atoms. The maximum Gasteiger partial charge on any atom is 0.344 e. The second-order valence-electron chi connectivity index (χ2n) is 5.80. The summed E-state index contributed by atoms with van der Waals surface area (Å²) in [5.41, 5.74) is 1.12. The first-order chi connectivity index (χ1) is 12.4. The van der Waals surface area contributed by atoms with E-state index in [1.54, 1.807) is 49.4 Å². The minimum absolute atomic E-state index is 0.261. The Morgan fingerprint density at radius 1 is 1.27 bits per heavy atom. The maximum absolute atomic E-state index is 12.1. The zero-order chi connectivity index (χ0) is 18.7. The number of nitrogens with one attached hydrogen (secondary N) is 1. The van der Waals surface area contributed by atoms with Gasteiger partial charge in [-0.2, -0.15) is 0 Å². The van der Waals surface area contributed by atoms with Crippen molar-refractivity contribution in [3.63, 3.8) is 0 Å². The van der Waals surface area contributed by atoms with Gasteiger partial charge >= 0.3 is 5.97 Å². The van der Waals surface area contributed by atoms with Gasteiger partial charge in [-0.05, 0) is 49.7 Å². The molecule has 134 valence electrons.